The molecule has 0 aliphatic rings. The molecule has 2 aromatic carbocycles. The first kappa shape index (κ1) is 20.8. The maximum Gasteiger partial charge on any atom is 0.380 e. The number of methoxy groups -OCH3 is 1. The average molecular weight is 443 g/mol. The zero-order valence-corrected chi connectivity index (χ0v) is 16.2. The third-order valence-electron chi connectivity index (χ3n) is 3.75. The average Bonchev–Trinajstić information content (AvgIpc) is 3.14. The van der Waals surface area contributed by atoms with Gasteiger partial charge < -0.3 is 8.92 Å². The molecule has 2 N–H and O–H groups in total. The van der Waals surface area contributed by atoms with E-state index in [0.29, 0.717) is 16.5 Å². The fourth-order valence-electron chi connectivity index (χ4n) is 2.48. The Morgan fingerprint density at radius 1 is 1.03 bits per heavy atom. The Bertz CT molecular complexity index is 1190. The Morgan fingerprint density at radius 2 is 1.69 bits per heavy atom. The number of rotatable bonds is 6. The maximum atomic E-state index is 14.3. The molecule has 1 heterocycles. The van der Waals surface area contributed by atoms with Gasteiger partial charge in [0.25, 0.3) is 0 Å². The van der Waals surface area contributed by atoms with Crippen molar-refractivity contribution in [3.05, 3.63) is 70.4 Å². The molecule has 0 bridgehead atoms. The van der Waals surface area contributed by atoms with E-state index >= 15 is 0 Å². The van der Waals surface area contributed by atoms with Crippen LogP contribution >= 0.6 is 11.3 Å². The highest BCUT2D eigenvalue weighted by Gasteiger charge is 2.25. The van der Waals surface area contributed by atoms with Crippen LogP contribution in [0.15, 0.2) is 42.5 Å². The molecule has 152 valence electrons. The van der Waals surface area contributed by atoms with Gasteiger partial charge in [0, 0.05) is 4.88 Å². The minimum atomic E-state index is -4.15. The standard InChI is InChI=1S/C18H12F3NO5S2/c1-26-18-15(20)11(8-12(19)16(18)21)17(23)14-7-6-13(28-14)9-2-4-10(5-3-9)27-29(22,24)25/h2-8H,1H3,(H2,22,24,25). The Kier molecular flexibility index (Phi) is 5.64. The summed E-state index contributed by atoms with van der Waals surface area (Å²) in [6, 6.07) is 9.24. The molecule has 0 aliphatic heterocycles. The van der Waals surface area contributed by atoms with Crippen LogP contribution < -0.4 is 14.1 Å². The summed E-state index contributed by atoms with van der Waals surface area (Å²) >= 11 is 0.983. The van der Waals surface area contributed by atoms with Gasteiger partial charge in [0.05, 0.1) is 17.6 Å². The van der Waals surface area contributed by atoms with E-state index in [1.54, 1.807) is 6.07 Å². The smallest absolute Gasteiger partial charge is 0.380 e. The van der Waals surface area contributed by atoms with Gasteiger partial charge in [0.15, 0.2) is 17.4 Å². The monoisotopic (exact) mass is 443 g/mol. The lowest BCUT2D eigenvalue weighted by Gasteiger charge is -2.08. The number of thiophene rings is 1. The summed E-state index contributed by atoms with van der Waals surface area (Å²) in [6.07, 6.45) is 0. The van der Waals surface area contributed by atoms with Crippen molar-refractivity contribution in [2.24, 2.45) is 5.14 Å². The SMILES string of the molecule is COc1c(F)c(F)cc(C(=O)c2ccc(-c3ccc(OS(N)(=O)=O)cc3)s2)c1F. The molecule has 0 fully saturated rings. The third-order valence-corrected chi connectivity index (χ3v) is 5.30. The van der Waals surface area contributed by atoms with Crippen LogP contribution in [0.5, 0.6) is 11.5 Å². The largest absolute Gasteiger partial charge is 0.491 e. The summed E-state index contributed by atoms with van der Waals surface area (Å²) in [5.74, 6) is -6.04. The Labute approximate surface area is 167 Å². The molecular weight excluding hydrogens is 431 g/mol. The molecule has 11 heteroatoms. The molecule has 3 aromatic rings. The maximum absolute atomic E-state index is 14.3. The lowest BCUT2D eigenvalue weighted by Crippen LogP contribution is -2.18. The van der Waals surface area contributed by atoms with Crippen LogP contribution in [0.3, 0.4) is 0 Å². The second kappa shape index (κ2) is 7.85. The van der Waals surface area contributed by atoms with E-state index in [1.807, 2.05) is 0 Å². The fraction of sp³-hybridized carbons (Fsp3) is 0.0556. The first-order valence-electron chi connectivity index (χ1n) is 7.79. The minimum absolute atomic E-state index is 0.0000551. The van der Waals surface area contributed by atoms with Gasteiger partial charge in [-0.3, -0.25) is 4.79 Å². The van der Waals surface area contributed by atoms with Gasteiger partial charge in [0.2, 0.25) is 11.6 Å². The van der Waals surface area contributed by atoms with Crippen molar-refractivity contribution in [2.75, 3.05) is 7.11 Å². The van der Waals surface area contributed by atoms with E-state index < -0.39 is 44.9 Å². The zero-order chi connectivity index (χ0) is 21.3. The summed E-state index contributed by atoms with van der Waals surface area (Å²) in [5.41, 5.74) is -0.0507. The zero-order valence-electron chi connectivity index (χ0n) is 14.6. The van der Waals surface area contributed by atoms with Crippen molar-refractivity contribution in [2.45, 2.75) is 0 Å². The molecular formula is C18H12F3NO5S2. The molecule has 0 saturated carbocycles. The van der Waals surface area contributed by atoms with Gasteiger partial charge in [-0.1, -0.05) is 0 Å². The van der Waals surface area contributed by atoms with E-state index in [0.717, 1.165) is 18.4 Å². The van der Waals surface area contributed by atoms with Crippen molar-refractivity contribution in [1.29, 1.82) is 0 Å². The van der Waals surface area contributed by atoms with Crippen LogP contribution in [0.1, 0.15) is 15.2 Å². The van der Waals surface area contributed by atoms with Gasteiger partial charge in [-0.05, 0) is 48.0 Å². The molecule has 0 radical (unpaired) electrons. The van der Waals surface area contributed by atoms with Crippen molar-refractivity contribution in [1.82, 2.24) is 0 Å². The summed E-state index contributed by atoms with van der Waals surface area (Å²) in [4.78, 5) is 13.2. The first-order chi connectivity index (χ1) is 13.6. The Morgan fingerprint density at radius 3 is 2.28 bits per heavy atom. The molecule has 0 saturated heterocycles. The van der Waals surface area contributed by atoms with Gasteiger partial charge in [-0.25, -0.2) is 8.78 Å². The number of ketones is 1. The fourth-order valence-corrected chi connectivity index (χ4v) is 3.83. The molecule has 0 amide bonds. The predicted octanol–water partition coefficient (Wildman–Crippen LogP) is 3.65. The second-order valence-electron chi connectivity index (χ2n) is 5.66. The number of carbonyl (C=O) groups is 1. The molecule has 0 aliphatic carbocycles. The minimum Gasteiger partial charge on any atom is -0.491 e. The van der Waals surface area contributed by atoms with Crippen molar-refractivity contribution in [3.63, 3.8) is 0 Å². The Balaban J connectivity index is 1.91. The number of carbonyl (C=O) groups excluding carboxylic acids is 1. The summed E-state index contributed by atoms with van der Waals surface area (Å²) < 4.78 is 72.4. The second-order valence-corrected chi connectivity index (χ2v) is 7.90. The lowest BCUT2D eigenvalue weighted by atomic mass is 10.1. The normalized spacial score (nSPS) is 11.3. The van der Waals surface area contributed by atoms with Crippen LogP contribution in [0.2, 0.25) is 0 Å². The topological polar surface area (TPSA) is 95.7 Å². The number of ether oxygens (including phenoxy) is 1. The van der Waals surface area contributed by atoms with Crippen LogP contribution in [0.4, 0.5) is 13.2 Å². The summed E-state index contributed by atoms with van der Waals surface area (Å²) in [7, 11) is -3.19. The highest BCUT2D eigenvalue weighted by atomic mass is 32.2. The molecule has 0 unspecified atom stereocenters. The van der Waals surface area contributed by atoms with Gasteiger partial charge >= 0.3 is 10.3 Å². The molecule has 1 aromatic heterocycles. The van der Waals surface area contributed by atoms with E-state index in [-0.39, 0.29) is 10.6 Å². The number of benzene rings is 2. The van der Waals surface area contributed by atoms with Crippen LogP contribution in [0.25, 0.3) is 10.4 Å². The lowest BCUT2D eigenvalue weighted by molar-refractivity contribution is 0.103. The molecule has 0 spiro atoms. The van der Waals surface area contributed by atoms with Crippen molar-refractivity contribution in [3.8, 4) is 21.9 Å². The van der Waals surface area contributed by atoms with E-state index in [1.165, 1.54) is 30.3 Å². The van der Waals surface area contributed by atoms with E-state index in [9.17, 15) is 26.4 Å². The van der Waals surface area contributed by atoms with Crippen LogP contribution in [-0.4, -0.2) is 21.3 Å². The van der Waals surface area contributed by atoms with Crippen molar-refractivity contribution >= 4 is 27.4 Å². The summed E-state index contributed by atoms with van der Waals surface area (Å²) in [6.45, 7) is 0. The molecule has 3 rings (SSSR count). The van der Waals surface area contributed by atoms with E-state index in [2.05, 4.69) is 8.92 Å². The van der Waals surface area contributed by atoms with Gasteiger partial charge in [-0.15, -0.1) is 11.3 Å². The Hall–Kier alpha value is -2.89. The quantitative estimate of drug-likeness (QED) is 0.464. The highest BCUT2D eigenvalue weighted by molar-refractivity contribution is 7.84. The third kappa shape index (κ3) is 4.42. The van der Waals surface area contributed by atoms with Crippen LogP contribution in [-0.2, 0) is 10.3 Å². The number of hydrogen-bond acceptors (Lipinski definition) is 6. The van der Waals surface area contributed by atoms with Crippen LogP contribution in [0, 0.1) is 17.5 Å². The predicted molar refractivity (Wildman–Crippen MR) is 99.8 cm³/mol. The van der Waals surface area contributed by atoms with Gasteiger partial charge in [-0.2, -0.15) is 17.9 Å². The number of nitrogens with two attached hydrogens (primary N) is 1. The number of hydrogen-bond donors (Lipinski definition) is 1. The summed E-state index contributed by atoms with van der Waals surface area (Å²) in [5, 5.41) is 4.79. The number of halogens is 3. The van der Waals surface area contributed by atoms with Gasteiger partial charge in [0.1, 0.15) is 5.75 Å². The molecule has 6 nitrogen and oxygen atoms in total. The highest BCUT2D eigenvalue weighted by Crippen LogP contribution is 2.33. The molecule has 29 heavy (non-hydrogen) atoms. The van der Waals surface area contributed by atoms with Crippen molar-refractivity contribution < 1.29 is 35.3 Å². The van der Waals surface area contributed by atoms with E-state index in [4.69, 9.17) is 5.14 Å². The first-order valence-corrected chi connectivity index (χ1v) is 10.1. The molecule has 0 atom stereocenters.